The molecule has 1 saturated carbocycles. The van der Waals surface area contributed by atoms with Crippen molar-refractivity contribution < 1.29 is 39.8 Å². The fourth-order valence-corrected chi connectivity index (χ4v) is 4.87. The van der Waals surface area contributed by atoms with E-state index in [0.717, 1.165) is 0 Å². The zero-order valence-electron chi connectivity index (χ0n) is 12.9. The van der Waals surface area contributed by atoms with Crippen LogP contribution in [-0.2, 0) is 25.5 Å². The third kappa shape index (κ3) is 3.26. The highest BCUT2D eigenvalue weighted by Gasteiger charge is 2.54. The van der Waals surface area contributed by atoms with E-state index in [0.29, 0.717) is 19.3 Å². The highest BCUT2D eigenvalue weighted by atomic mass is 32.2. The van der Waals surface area contributed by atoms with Gasteiger partial charge in [-0.05, 0) is 18.2 Å². The Labute approximate surface area is 140 Å². The van der Waals surface area contributed by atoms with E-state index in [-0.39, 0.29) is 25.0 Å². The monoisotopic (exact) mass is 386 g/mol. The predicted octanol–water partition coefficient (Wildman–Crippen LogP) is 3.60. The lowest BCUT2D eigenvalue weighted by Gasteiger charge is -2.38. The van der Waals surface area contributed by atoms with Gasteiger partial charge in [0.25, 0.3) is 0 Å². The highest BCUT2D eigenvalue weighted by Crippen LogP contribution is 2.47. The van der Waals surface area contributed by atoms with Gasteiger partial charge in [0, 0.05) is 25.7 Å². The van der Waals surface area contributed by atoms with Crippen molar-refractivity contribution in [2.24, 2.45) is 0 Å². The second-order valence-corrected chi connectivity index (χ2v) is 8.38. The minimum Gasteiger partial charge on any atom is -0.348 e. The third-order valence-corrected chi connectivity index (χ3v) is 6.79. The number of rotatable bonds is 2. The topological polar surface area (TPSA) is 52.6 Å². The van der Waals surface area contributed by atoms with Crippen LogP contribution in [0.3, 0.4) is 0 Å². The average Bonchev–Trinajstić information content (AvgIpc) is 2.98. The Hall–Kier alpha value is -1.26. The summed E-state index contributed by atoms with van der Waals surface area (Å²) in [6, 6.07) is 0.825. The lowest BCUT2D eigenvalue weighted by atomic mass is 9.92. The number of hydrogen-bond donors (Lipinski definition) is 0. The Kier molecular flexibility index (Phi) is 4.36. The van der Waals surface area contributed by atoms with Gasteiger partial charge in [-0.2, -0.15) is 13.2 Å². The number of sulfone groups is 1. The Morgan fingerprint density at radius 3 is 2.04 bits per heavy atom. The van der Waals surface area contributed by atoms with Gasteiger partial charge in [-0.15, -0.1) is 0 Å². The van der Waals surface area contributed by atoms with Gasteiger partial charge >= 0.3 is 6.18 Å². The van der Waals surface area contributed by atoms with Crippen molar-refractivity contribution in [3.63, 3.8) is 0 Å². The predicted molar refractivity (Wildman–Crippen MR) is 75.5 cm³/mol. The van der Waals surface area contributed by atoms with Crippen LogP contribution in [0.15, 0.2) is 23.1 Å². The van der Waals surface area contributed by atoms with Gasteiger partial charge in [-0.25, -0.2) is 17.2 Å². The molecule has 0 aromatic heterocycles. The summed E-state index contributed by atoms with van der Waals surface area (Å²) in [5.74, 6) is -2.43. The van der Waals surface area contributed by atoms with Crippen molar-refractivity contribution in [1.29, 1.82) is 0 Å². The number of hydrogen-bond acceptors (Lipinski definition) is 4. The van der Waals surface area contributed by atoms with Crippen molar-refractivity contribution in [2.45, 2.75) is 47.5 Å². The van der Waals surface area contributed by atoms with Gasteiger partial charge < -0.3 is 9.47 Å². The molecular weight excluding hydrogens is 371 g/mol. The highest BCUT2D eigenvalue weighted by molar-refractivity contribution is 7.92. The molecule has 1 heterocycles. The Morgan fingerprint density at radius 1 is 0.960 bits per heavy atom. The van der Waals surface area contributed by atoms with E-state index in [1.807, 2.05) is 0 Å². The molecule has 10 heteroatoms. The van der Waals surface area contributed by atoms with Crippen molar-refractivity contribution in [3.8, 4) is 0 Å². The van der Waals surface area contributed by atoms with E-state index in [2.05, 4.69) is 0 Å². The normalized spacial score (nSPS) is 23.1. The van der Waals surface area contributed by atoms with Crippen LogP contribution < -0.4 is 0 Å². The Bertz CT molecular complexity index is 759. The average molecular weight is 386 g/mol. The first-order chi connectivity index (χ1) is 11.5. The van der Waals surface area contributed by atoms with E-state index in [1.165, 1.54) is 0 Å². The summed E-state index contributed by atoms with van der Waals surface area (Å²) >= 11 is 0. The minimum atomic E-state index is -4.95. The molecule has 1 aromatic carbocycles. The summed E-state index contributed by atoms with van der Waals surface area (Å²) in [5, 5.41) is -2.80. The molecule has 0 radical (unpaired) electrons. The number of halogens is 5. The van der Waals surface area contributed by atoms with Crippen LogP contribution in [0.5, 0.6) is 0 Å². The molecule has 1 spiro atoms. The van der Waals surface area contributed by atoms with Crippen molar-refractivity contribution in [3.05, 3.63) is 29.6 Å². The second-order valence-electron chi connectivity index (χ2n) is 6.17. The molecule has 0 unspecified atom stereocenters. The fraction of sp³-hybridized carbons (Fsp3) is 0.600. The largest absolute Gasteiger partial charge is 0.416 e. The maximum absolute atomic E-state index is 15.1. The molecule has 25 heavy (non-hydrogen) atoms. The van der Waals surface area contributed by atoms with Crippen molar-refractivity contribution in [2.75, 3.05) is 13.2 Å². The van der Waals surface area contributed by atoms with E-state index >= 15 is 4.39 Å². The van der Waals surface area contributed by atoms with Gasteiger partial charge in [-0.3, -0.25) is 0 Å². The first-order valence-corrected chi connectivity index (χ1v) is 9.05. The zero-order valence-corrected chi connectivity index (χ0v) is 13.7. The first kappa shape index (κ1) is 18.5. The van der Waals surface area contributed by atoms with Crippen LogP contribution in [0.4, 0.5) is 22.0 Å². The molecular formula is C15H15F5O4S. The lowest BCUT2D eigenvalue weighted by molar-refractivity contribution is -0.186. The molecule has 140 valence electrons. The maximum Gasteiger partial charge on any atom is 0.416 e. The quantitative estimate of drug-likeness (QED) is 0.729. The molecule has 2 fully saturated rings. The SMILES string of the molecule is O=S(=O)(c1cc(F)cc(C(F)(F)F)c1)C1(F)CCC2(CC1)OCCO2. The third-order valence-electron chi connectivity index (χ3n) is 4.56. The van der Waals surface area contributed by atoms with Gasteiger partial charge in [0.1, 0.15) is 5.82 Å². The minimum absolute atomic E-state index is 0.0514. The van der Waals surface area contributed by atoms with Crippen LogP contribution >= 0.6 is 0 Å². The van der Waals surface area contributed by atoms with Crippen LogP contribution in [0.2, 0.25) is 0 Å². The van der Waals surface area contributed by atoms with E-state index in [9.17, 15) is 26.0 Å². The Morgan fingerprint density at radius 2 is 1.52 bits per heavy atom. The van der Waals surface area contributed by atoms with Gasteiger partial charge in [0.15, 0.2) is 5.79 Å². The molecule has 0 atom stereocenters. The number of alkyl halides is 4. The molecule has 4 nitrogen and oxygen atoms in total. The van der Waals surface area contributed by atoms with Crippen LogP contribution in [-0.4, -0.2) is 32.4 Å². The van der Waals surface area contributed by atoms with E-state index in [4.69, 9.17) is 9.47 Å². The maximum atomic E-state index is 15.1. The molecule has 1 aromatic rings. The standard InChI is InChI=1S/C15H15F5O4S/c16-11-7-10(15(18,19)20)8-12(9-11)25(21,22)13(17)1-3-14(4-2-13)23-5-6-24-14/h7-9H,1-6H2. The molecule has 1 aliphatic carbocycles. The zero-order chi connectivity index (χ0) is 18.5. The van der Waals surface area contributed by atoms with Crippen molar-refractivity contribution >= 4 is 9.84 Å². The summed E-state index contributed by atoms with van der Waals surface area (Å²) in [6.45, 7) is 0.621. The smallest absolute Gasteiger partial charge is 0.348 e. The number of ether oxygens (including phenoxy) is 2. The Balaban J connectivity index is 1.93. The fourth-order valence-electron chi connectivity index (χ4n) is 3.15. The summed E-state index contributed by atoms with van der Waals surface area (Å²) in [6.07, 6.45) is -6.06. The molecule has 0 amide bonds. The van der Waals surface area contributed by atoms with Crippen molar-refractivity contribution in [1.82, 2.24) is 0 Å². The lowest BCUT2D eigenvalue weighted by Crippen LogP contribution is -2.45. The van der Waals surface area contributed by atoms with Gasteiger partial charge in [0.2, 0.25) is 14.8 Å². The molecule has 0 N–H and O–H groups in total. The molecule has 1 aliphatic heterocycles. The van der Waals surface area contributed by atoms with E-state index < -0.39 is 55.9 Å². The first-order valence-electron chi connectivity index (χ1n) is 7.57. The molecule has 2 aliphatic rings. The van der Waals surface area contributed by atoms with Crippen LogP contribution in [0, 0.1) is 5.82 Å². The summed E-state index contributed by atoms with van der Waals surface area (Å²) in [7, 11) is -4.83. The summed E-state index contributed by atoms with van der Waals surface area (Å²) in [4.78, 5) is -1.02. The summed E-state index contributed by atoms with van der Waals surface area (Å²) < 4.78 is 103. The molecule has 3 rings (SSSR count). The van der Waals surface area contributed by atoms with Crippen LogP contribution in [0.25, 0.3) is 0 Å². The van der Waals surface area contributed by atoms with Gasteiger partial charge in [0.05, 0.1) is 23.7 Å². The number of benzene rings is 1. The second kappa shape index (κ2) is 5.88. The van der Waals surface area contributed by atoms with Crippen LogP contribution in [0.1, 0.15) is 31.2 Å². The van der Waals surface area contributed by atoms with Gasteiger partial charge in [-0.1, -0.05) is 0 Å². The van der Waals surface area contributed by atoms with E-state index in [1.54, 1.807) is 0 Å². The molecule has 1 saturated heterocycles. The molecule has 0 bridgehead atoms. The summed E-state index contributed by atoms with van der Waals surface area (Å²) in [5.41, 5.74) is -1.48.